The summed E-state index contributed by atoms with van der Waals surface area (Å²) < 4.78 is 29.0. The summed E-state index contributed by atoms with van der Waals surface area (Å²) in [5.41, 5.74) is 7.20. The molecule has 0 fully saturated rings. The lowest BCUT2D eigenvalue weighted by molar-refractivity contribution is -0.134. The van der Waals surface area contributed by atoms with Gasteiger partial charge in [-0.05, 0) is 26.0 Å². The number of nitrogens with one attached hydrogen (secondary N) is 2. The Morgan fingerprint density at radius 1 is 1.36 bits per heavy atom. The van der Waals surface area contributed by atoms with Crippen molar-refractivity contribution < 1.29 is 18.3 Å². The normalized spacial score (nSPS) is 10.6. The van der Waals surface area contributed by atoms with Gasteiger partial charge in [0.15, 0.2) is 0 Å². The van der Waals surface area contributed by atoms with Crippen LogP contribution in [0.15, 0.2) is 29.2 Å². The highest BCUT2D eigenvalue weighted by Crippen LogP contribution is 2.22. The zero-order valence-corrected chi connectivity index (χ0v) is 15.2. The minimum absolute atomic E-state index is 0.121. The molecule has 25 heavy (non-hydrogen) atoms. The summed E-state index contributed by atoms with van der Waals surface area (Å²) in [7, 11) is -2.05. The van der Waals surface area contributed by atoms with Crippen LogP contribution in [0.1, 0.15) is 23.9 Å². The van der Waals surface area contributed by atoms with E-state index in [0.717, 1.165) is 6.92 Å². The van der Waals surface area contributed by atoms with Gasteiger partial charge in [-0.2, -0.15) is 5.10 Å². The average Bonchev–Trinajstić information content (AvgIpc) is 2.71. The van der Waals surface area contributed by atoms with Crippen molar-refractivity contribution in [3.05, 3.63) is 41.2 Å². The molecule has 1 heterocycles. The third kappa shape index (κ3) is 5.31. The molecular weight excluding hydrogens is 346 g/mol. The van der Waals surface area contributed by atoms with Crippen LogP contribution in [0.2, 0.25) is 0 Å². The Bertz CT molecular complexity index is 899. The molecule has 0 aliphatic rings. The van der Waals surface area contributed by atoms with Crippen molar-refractivity contribution in [2.24, 2.45) is 12.8 Å². The van der Waals surface area contributed by atoms with Gasteiger partial charge in [0.25, 0.3) is 16.0 Å². The Labute approximate surface area is 146 Å². The molecule has 0 aliphatic heterocycles. The highest BCUT2D eigenvalue weighted by molar-refractivity contribution is 7.92. The zero-order valence-electron chi connectivity index (χ0n) is 14.4. The topological polar surface area (TPSA) is 151 Å². The Morgan fingerprint density at radius 2 is 1.92 bits per heavy atom. The maximum absolute atomic E-state index is 12.5. The van der Waals surface area contributed by atoms with Gasteiger partial charge in [-0.25, -0.2) is 8.42 Å². The third-order valence-electron chi connectivity index (χ3n) is 3.14. The summed E-state index contributed by atoms with van der Waals surface area (Å²) in [4.78, 5) is 9.17. The predicted molar refractivity (Wildman–Crippen MR) is 94.3 cm³/mol. The number of nitrogen functional groups attached to an aromatic ring is 1. The van der Waals surface area contributed by atoms with E-state index in [0.29, 0.717) is 22.6 Å². The van der Waals surface area contributed by atoms with Crippen LogP contribution in [0, 0.1) is 19.3 Å². The van der Waals surface area contributed by atoms with E-state index in [4.69, 9.17) is 21.0 Å². The molecule has 0 radical (unpaired) electrons. The number of carboxylic acids is 1. The first-order chi connectivity index (χ1) is 11.5. The highest BCUT2D eigenvalue weighted by Gasteiger charge is 2.23. The molecule has 0 saturated heterocycles. The number of nitrogens with two attached hydrogens (primary N) is 1. The van der Waals surface area contributed by atoms with E-state index in [2.05, 4.69) is 9.82 Å². The van der Waals surface area contributed by atoms with E-state index in [-0.39, 0.29) is 10.7 Å². The molecular formula is C15H21N5O4S. The smallest absolute Gasteiger partial charge is 0.300 e. The maximum atomic E-state index is 12.5. The number of hydrogen-bond donors (Lipinski definition) is 4. The van der Waals surface area contributed by atoms with Gasteiger partial charge >= 0.3 is 0 Å². The van der Waals surface area contributed by atoms with Crippen LogP contribution in [0.25, 0.3) is 0 Å². The third-order valence-corrected chi connectivity index (χ3v) is 4.77. The molecule has 5 N–H and O–H groups in total. The minimum Gasteiger partial charge on any atom is -0.481 e. The number of carbonyl (C=O) groups is 1. The first kappa shape index (κ1) is 20.2. The second-order valence-electron chi connectivity index (χ2n) is 5.24. The van der Waals surface area contributed by atoms with E-state index in [9.17, 15) is 8.42 Å². The standard InChI is InChI=1S/C13H17N5O2S.C2H4O2/c1-8-12(9(2)18(3)16-8)21(19,20)17-11-6-4-5-10(7-11)13(14)15;1-2(3)4/h4-7,17H,1-3H3,(H3,14,15);1H3,(H,3,4). The summed E-state index contributed by atoms with van der Waals surface area (Å²) in [5.74, 6) is -0.954. The van der Waals surface area contributed by atoms with Crippen LogP contribution in [-0.4, -0.2) is 35.1 Å². The van der Waals surface area contributed by atoms with Crippen molar-refractivity contribution in [2.45, 2.75) is 25.7 Å². The van der Waals surface area contributed by atoms with Gasteiger partial charge in [0.2, 0.25) is 0 Å². The number of amidine groups is 1. The molecule has 136 valence electrons. The SMILES string of the molecule is CC(=O)O.Cc1nn(C)c(C)c1S(=O)(=O)Nc1cccc(C(=N)N)c1. The number of sulfonamides is 1. The maximum Gasteiger partial charge on any atom is 0.300 e. The molecule has 9 nitrogen and oxygen atoms in total. The quantitative estimate of drug-likeness (QED) is 0.471. The molecule has 1 aromatic heterocycles. The first-order valence-electron chi connectivity index (χ1n) is 7.12. The van der Waals surface area contributed by atoms with Crippen LogP contribution in [0.5, 0.6) is 0 Å². The van der Waals surface area contributed by atoms with Crippen LogP contribution >= 0.6 is 0 Å². The second kappa shape index (κ2) is 7.79. The lowest BCUT2D eigenvalue weighted by atomic mass is 10.2. The molecule has 2 aromatic rings. The number of anilines is 1. The Balaban J connectivity index is 0.000000705. The Kier molecular flexibility index (Phi) is 6.29. The molecule has 2 rings (SSSR count). The number of aromatic nitrogens is 2. The van der Waals surface area contributed by atoms with Crippen molar-refractivity contribution in [3.63, 3.8) is 0 Å². The van der Waals surface area contributed by atoms with E-state index < -0.39 is 16.0 Å². The summed E-state index contributed by atoms with van der Waals surface area (Å²) in [6.07, 6.45) is 0. The average molecular weight is 367 g/mol. The number of hydrogen-bond acceptors (Lipinski definition) is 5. The number of aliphatic carboxylic acids is 1. The zero-order chi connectivity index (χ0) is 19.4. The van der Waals surface area contributed by atoms with E-state index in [1.807, 2.05) is 0 Å². The number of carboxylic acid groups (broad SMARTS) is 1. The van der Waals surface area contributed by atoms with Gasteiger partial charge in [-0.15, -0.1) is 0 Å². The van der Waals surface area contributed by atoms with Gasteiger partial charge < -0.3 is 10.8 Å². The number of rotatable bonds is 4. The van der Waals surface area contributed by atoms with E-state index in [1.54, 1.807) is 39.1 Å². The van der Waals surface area contributed by atoms with Crippen LogP contribution in [-0.2, 0) is 21.9 Å². The van der Waals surface area contributed by atoms with Crippen molar-refractivity contribution in [1.82, 2.24) is 9.78 Å². The summed E-state index contributed by atoms with van der Waals surface area (Å²) in [6.45, 7) is 4.42. The lowest BCUT2D eigenvalue weighted by Crippen LogP contribution is -2.16. The second-order valence-corrected chi connectivity index (χ2v) is 6.86. The van der Waals surface area contributed by atoms with Crippen molar-refractivity contribution >= 4 is 27.5 Å². The summed E-state index contributed by atoms with van der Waals surface area (Å²) in [6, 6.07) is 6.39. The first-order valence-corrected chi connectivity index (χ1v) is 8.61. The Hall–Kier alpha value is -2.88. The molecule has 0 aliphatic carbocycles. The summed E-state index contributed by atoms with van der Waals surface area (Å²) in [5, 5.41) is 18.9. The molecule has 1 aromatic carbocycles. The monoisotopic (exact) mass is 367 g/mol. The van der Waals surface area contributed by atoms with Gasteiger partial charge in [-0.3, -0.25) is 19.6 Å². The predicted octanol–water partition coefficient (Wildman–Crippen LogP) is 1.21. The molecule has 0 bridgehead atoms. The summed E-state index contributed by atoms with van der Waals surface area (Å²) >= 11 is 0. The van der Waals surface area contributed by atoms with Gasteiger partial charge in [0.1, 0.15) is 10.7 Å². The fourth-order valence-corrected chi connectivity index (χ4v) is 3.59. The van der Waals surface area contributed by atoms with Crippen molar-refractivity contribution in [1.29, 1.82) is 5.41 Å². The number of nitrogens with zero attached hydrogens (tertiary/aromatic N) is 2. The molecule has 0 spiro atoms. The number of benzene rings is 1. The molecule has 0 unspecified atom stereocenters. The van der Waals surface area contributed by atoms with Crippen LogP contribution in [0.3, 0.4) is 0 Å². The minimum atomic E-state index is -3.74. The van der Waals surface area contributed by atoms with Gasteiger partial charge in [0, 0.05) is 25.2 Å². The number of aryl methyl sites for hydroxylation is 2. The fourth-order valence-electron chi connectivity index (χ4n) is 2.10. The molecule has 0 atom stereocenters. The highest BCUT2D eigenvalue weighted by atomic mass is 32.2. The van der Waals surface area contributed by atoms with E-state index >= 15 is 0 Å². The largest absolute Gasteiger partial charge is 0.481 e. The van der Waals surface area contributed by atoms with Gasteiger partial charge in [-0.1, -0.05) is 12.1 Å². The lowest BCUT2D eigenvalue weighted by Gasteiger charge is -2.09. The molecule has 0 saturated carbocycles. The Morgan fingerprint density at radius 3 is 2.36 bits per heavy atom. The van der Waals surface area contributed by atoms with Crippen molar-refractivity contribution in [3.8, 4) is 0 Å². The van der Waals surface area contributed by atoms with E-state index in [1.165, 1.54) is 10.7 Å². The van der Waals surface area contributed by atoms with Crippen LogP contribution in [0.4, 0.5) is 5.69 Å². The fraction of sp³-hybridized carbons (Fsp3) is 0.267. The van der Waals surface area contributed by atoms with Crippen LogP contribution < -0.4 is 10.5 Å². The molecule has 0 amide bonds. The van der Waals surface area contributed by atoms with Crippen molar-refractivity contribution in [2.75, 3.05) is 4.72 Å². The van der Waals surface area contributed by atoms with Gasteiger partial charge in [0.05, 0.1) is 11.4 Å². The molecule has 10 heteroatoms.